The van der Waals surface area contributed by atoms with E-state index in [4.69, 9.17) is 5.26 Å². The Morgan fingerprint density at radius 3 is 2.83 bits per heavy atom. The molecule has 0 bridgehead atoms. The minimum absolute atomic E-state index is 0.545. The van der Waals surface area contributed by atoms with Crippen molar-refractivity contribution in [1.29, 1.82) is 5.26 Å². The number of aryl methyl sites for hydroxylation is 1. The van der Waals surface area contributed by atoms with E-state index in [1.54, 1.807) is 0 Å². The minimum Gasteiger partial charge on any atom is -0.355 e. The fourth-order valence-corrected chi connectivity index (χ4v) is 2.32. The van der Waals surface area contributed by atoms with Crippen LogP contribution in [-0.4, -0.2) is 42.6 Å². The lowest BCUT2D eigenvalue weighted by Crippen LogP contribution is -2.31. The summed E-state index contributed by atoms with van der Waals surface area (Å²) in [4.78, 5) is 9.20. The minimum atomic E-state index is 0.545. The van der Waals surface area contributed by atoms with Gasteiger partial charge in [-0.25, -0.2) is 4.98 Å². The Hall–Kier alpha value is -1.60. The maximum Gasteiger partial charge on any atom is 0.145 e. The van der Waals surface area contributed by atoms with E-state index >= 15 is 0 Å². The first-order valence-electron chi connectivity index (χ1n) is 6.59. The molecular weight excluding hydrogens is 224 g/mol. The normalized spacial score (nSPS) is 17.3. The Bertz CT molecular complexity index is 450. The van der Waals surface area contributed by atoms with Gasteiger partial charge >= 0.3 is 0 Å². The molecule has 0 radical (unpaired) electrons. The Balaban J connectivity index is 2.14. The standard InChI is InChI=1S/C14H20N4/c1-3-17-7-4-8-18(10-9-17)14-6-5-12(2)13(11-15)16-14/h5-6H,3-4,7-10H2,1-2H3. The molecule has 0 aliphatic carbocycles. The van der Waals surface area contributed by atoms with Gasteiger partial charge in [0.2, 0.25) is 0 Å². The van der Waals surface area contributed by atoms with Gasteiger partial charge in [0.1, 0.15) is 17.6 Å². The van der Waals surface area contributed by atoms with Gasteiger partial charge in [-0.1, -0.05) is 13.0 Å². The molecule has 2 heterocycles. The van der Waals surface area contributed by atoms with E-state index in [9.17, 15) is 0 Å². The van der Waals surface area contributed by atoms with Gasteiger partial charge in [0.25, 0.3) is 0 Å². The van der Waals surface area contributed by atoms with Crippen LogP contribution < -0.4 is 4.90 Å². The number of rotatable bonds is 2. The molecule has 4 heteroatoms. The lowest BCUT2D eigenvalue weighted by atomic mass is 10.2. The summed E-state index contributed by atoms with van der Waals surface area (Å²) in [6, 6.07) is 6.18. The van der Waals surface area contributed by atoms with Crippen LogP contribution in [0.3, 0.4) is 0 Å². The molecule has 1 saturated heterocycles. The maximum absolute atomic E-state index is 9.04. The van der Waals surface area contributed by atoms with Crippen LogP contribution in [0.5, 0.6) is 0 Å². The molecule has 0 atom stereocenters. The summed E-state index contributed by atoms with van der Waals surface area (Å²) in [5, 5.41) is 9.04. The van der Waals surface area contributed by atoms with Crippen LogP contribution in [0.1, 0.15) is 24.6 Å². The molecule has 1 fully saturated rings. The third-order valence-electron chi connectivity index (χ3n) is 3.55. The van der Waals surface area contributed by atoms with Gasteiger partial charge in [-0.15, -0.1) is 0 Å². The Labute approximate surface area is 109 Å². The van der Waals surface area contributed by atoms with E-state index in [1.165, 1.54) is 0 Å². The summed E-state index contributed by atoms with van der Waals surface area (Å²) < 4.78 is 0. The highest BCUT2D eigenvalue weighted by Crippen LogP contribution is 2.16. The van der Waals surface area contributed by atoms with Crippen LogP contribution in [0.15, 0.2) is 12.1 Å². The van der Waals surface area contributed by atoms with Crippen molar-refractivity contribution in [2.75, 3.05) is 37.6 Å². The zero-order chi connectivity index (χ0) is 13.0. The molecule has 96 valence electrons. The average molecular weight is 244 g/mol. The van der Waals surface area contributed by atoms with Gasteiger partial charge in [-0.2, -0.15) is 5.26 Å². The van der Waals surface area contributed by atoms with Crippen molar-refractivity contribution in [3.8, 4) is 6.07 Å². The highest BCUT2D eigenvalue weighted by molar-refractivity contribution is 5.44. The van der Waals surface area contributed by atoms with Crippen LogP contribution in [0.2, 0.25) is 0 Å². The summed E-state index contributed by atoms with van der Waals surface area (Å²) in [5.74, 6) is 0.940. The Morgan fingerprint density at radius 1 is 1.28 bits per heavy atom. The summed E-state index contributed by atoms with van der Waals surface area (Å²) in [7, 11) is 0. The maximum atomic E-state index is 9.04. The predicted molar refractivity (Wildman–Crippen MR) is 72.6 cm³/mol. The first kappa shape index (κ1) is 12.8. The van der Waals surface area contributed by atoms with Crippen LogP contribution >= 0.6 is 0 Å². The number of nitriles is 1. The van der Waals surface area contributed by atoms with E-state index in [2.05, 4.69) is 27.8 Å². The number of nitrogens with zero attached hydrogens (tertiary/aromatic N) is 4. The van der Waals surface area contributed by atoms with Crippen molar-refractivity contribution >= 4 is 5.82 Å². The van der Waals surface area contributed by atoms with Crippen molar-refractivity contribution in [1.82, 2.24) is 9.88 Å². The zero-order valence-electron chi connectivity index (χ0n) is 11.2. The number of likely N-dealkylation sites (N-methyl/N-ethyl adjacent to an activating group) is 1. The number of hydrogen-bond donors (Lipinski definition) is 0. The molecular formula is C14H20N4. The molecule has 1 aromatic rings. The third kappa shape index (κ3) is 2.80. The van der Waals surface area contributed by atoms with Crippen LogP contribution in [-0.2, 0) is 0 Å². The Morgan fingerprint density at radius 2 is 2.11 bits per heavy atom. The topological polar surface area (TPSA) is 43.2 Å². The number of pyridine rings is 1. The first-order valence-corrected chi connectivity index (χ1v) is 6.59. The van der Waals surface area contributed by atoms with Crippen molar-refractivity contribution < 1.29 is 0 Å². The van der Waals surface area contributed by atoms with Crippen LogP contribution in [0.4, 0.5) is 5.82 Å². The highest BCUT2D eigenvalue weighted by atomic mass is 15.2. The van der Waals surface area contributed by atoms with Gasteiger partial charge in [0.15, 0.2) is 0 Å². The van der Waals surface area contributed by atoms with E-state index in [0.717, 1.165) is 50.5 Å². The van der Waals surface area contributed by atoms with Crippen molar-refractivity contribution in [2.45, 2.75) is 20.3 Å². The zero-order valence-corrected chi connectivity index (χ0v) is 11.2. The molecule has 0 aromatic carbocycles. The van der Waals surface area contributed by atoms with Crippen molar-refractivity contribution in [2.24, 2.45) is 0 Å². The number of anilines is 1. The summed E-state index contributed by atoms with van der Waals surface area (Å²) in [6.07, 6.45) is 1.16. The second-order valence-corrected chi connectivity index (χ2v) is 4.72. The molecule has 0 N–H and O–H groups in total. The number of aromatic nitrogens is 1. The van der Waals surface area contributed by atoms with E-state index in [0.29, 0.717) is 5.69 Å². The lowest BCUT2D eigenvalue weighted by molar-refractivity contribution is 0.310. The molecule has 2 rings (SSSR count). The summed E-state index contributed by atoms with van der Waals surface area (Å²) in [6.45, 7) is 9.49. The average Bonchev–Trinajstić information content (AvgIpc) is 2.64. The number of hydrogen-bond acceptors (Lipinski definition) is 4. The van der Waals surface area contributed by atoms with Crippen molar-refractivity contribution in [3.05, 3.63) is 23.4 Å². The largest absolute Gasteiger partial charge is 0.355 e. The molecule has 1 aromatic heterocycles. The van der Waals surface area contributed by atoms with Gasteiger partial charge < -0.3 is 9.80 Å². The molecule has 1 aliphatic heterocycles. The predicted octanol–water partition coefficient (Wildman–Crippen LogP) is 1.79. The van der Waals surface area contributed by atoms with E-state index in [1.807, 2.05) is 19.1 Å². The molecule has 1 aliphatic rings. The van der Waals surface area contributed by atoms with Gasteiger partial charge in [0, 0.05) is 19.6 Å². The third-order valence-corrected chi connectivity index (χ3v) is 3.55. The highest BCUT2D eigenvalue weighted by Gasteiger charge is 2.15. The van der Waals surface area contributed by atoms with E-state index < -0.39 is 0 Å². The second-order valence-electron chi connectivity index (χ2n) is 4.72. The Kier molecular flexibility index (Phi) is 4.16. The fourth-order valence-electron chi connectivity index (χ4n) is 2.32. The van der Waals surface area contributed by atoms with Crippen LogP contribution in [0.25, 0.3) is 0 Å². The smallest absolute Gasteiger partial charge is 0.145 e. The fraction of sp³-hybridized carbons (Fsp3) is 0.571. The first-order chi connectivity index (χ1) is 8.74. The van der Waals surface area contributed by atoms with Gasteiger partial charge in [-0.05, 0) is 38.1 Å². The molecule has 0 spiro atoms. The van der Waals surface area contributed by atoms with Gasteiger partial charge in [-0.3, -0.25) is 0 Å². The van der Waals surface area contributed by atoms with Gasteiger partial charge in [0.05, 0.1) is 0 Å². The quantitative estimate of drug-likeness (QED) is 0.795. The molecule has 4 nitrogen and oxygen atoms in total. The lowest BCUT2D eigenvalue weighted by Gasteiger charge is -2.22. The molecule has 0 saturated carbocycles. The SMILES string of the molecule is CCN1CCCN(c2ccc(C)c(C#N)n2)CC1. The monoisotopic (exact) mass is 244 g/mol. The second kappa shape index (κ2) is 5.83. The van der Waals surface area contributed by atoms with Crippen LogP contribution in [0, 0.1) is 18.3 Å². The summed E-state index contributed by atoms with van der Waals surface area (Å²) in [5.41, 5.74) is 1.50. The molecule has 0 unspecified atom stereocenters. The van der Waals surface area contributed by atoms with E-state index in [-0.39, 0.29) is 0 Å². The molecule has 0 amide bonds. The van der Waals surface area contributed by atoms with Crippen molar-refractivity contribution in [3.63, 3.8) is 0 Å². The summed E-state index contributed by atoms with van der Waals surface area (Å²) >= 11 is 0. The molecule has 18 heavy (non-hydrogen) atoms.